The van der Waals surface area contributed by atoms with Crippen molar-refractivity contribution in [3.05, 3.63) is 95.2 Å². The first kappa shape index (κ1) is 55.5. The number of carboxylic acids is 1. The molecule has 0 bridgehead atoms. The van der Waals surface area contributed by atoms with E-state index in [4.69, 9.17) is 37.9 Å². The number of allylic oxidation sites excluding steroid dienone is 6. The summed E-state index contributed by atoms with van der Waals surface area (Å²) in [5, 5.41) is 18.5. The summed E-state index contributed by atoms with van der Waals surface area (Å²) < 4.78 is 44.9. The Bertz CT molecular complexity index is 2580. The van der Waals surface area contributed by atoms with Crippen molar-refractivity contribution in [3.8, 4) is 0 Å². The van der Waals surface area contributed by atoms with Gasteiger partial charge in [-0.05, 0) is 148 Å². The third-order valence-electron chi connectivity index (χ3n) is 18.4. The largest absolute Gasteiger partial charge is 0.478 e. The van der Waals surface area contributed by atoms with Gasteiger partial charge in [0.05, 0.1) is 29.0 Å². The molecule has 8 heterocycles. The second-order valence-corrected chi connectivity index (χ2v) is 23.7. The molecular weight excluding hydrogens is 977 g/mol. The Kier molecular flexibility index (Phi) is 15.7. The zero-order chi connectivity index (χ0) is 54.6. The van der Waals surface area contributed by atoms with Crippen molar-refractivity contribution in [2.75, 3.05) is 6.61 Å². The number of aldehydes is 1. The number of hydrogen-bond acceptors (Lipinski definition) is 15. The number of ether oxygens (including phenoxy) is 8. The van der Waals surface area contributed by atoms with Crippen LogP contribution in [0.25, 0.3) is 0 Å². The van der Waals surface area contributed by atoms with Crippen LogP contribution in [0, 0.1) is 23.7 Å². The van der Waals surface area contributed by atoms with E-state index in [-0.39, 0.29) is 125 Å². The van der Waals surface area contributed by atoms with Crippen LogP contribution < -0.4 is 0 Å². The van der Waals surface area contributed by atoms with Crippen molar-refractivity contribution in [3.63, 3.8) is 0 Å². The molecule has 0 aromatic heterocycles. The number of fused-ring (bicyclic) bond motifs is 12. The highest BCUT2D eigenvalue weighted by atomic mass is 16.7. The van der Waals surface area contributed by atoms with E-state index < -0.39 is 5.97 Å². The number of hydrogen-bond donors (Lipinski definition) is 2. The fraction of sp³-hybridized carbons (Fsp3) is 0.633. The van der Waals surface area contributed by atoms with Crippen LogP contribution in [0.4, 0.5) is 0 Å². The summed E-state index contributed by atoms with van der Waals surface area (Å²) in [6, 6.07) is 0. The molecular formula is C60H76O16. The molecule has 0 spiro atoms. The Labute approximate surface area is 445 Å². The molecule has 2 N–H and O–H groups in total. The molecule has 76 heavy (non-hydrogen) atoms. The number of carboxylic acid groups (broad SMARTS) is 1. The SMILES string of the molecule is C=C1C(=O)O[C@H]2C1CC/C(C)=C/CC[C@@]1(C)O[C@@H]21.C=C1C(=O)O[C@H]2[C@H]1CC/C(C(=O)O)=C\CC[C@@]1(C)O[C@@H]21.C=C1C(=O)O[C@H]2[C@H]1CC/C(C=O)=C\CC[C@@]1(C)O[C@@H]21.C=C1C(=O)O[C@H]2[C@H]1CC/C(CO)=C\CC[C@@]1(C)O[C@@H]21. The predicted molar refractivity (Wildman–Crippen MR) is 276 cm³/mol. The molecule has 0 aromatic rings. The van der Waals surface area contributed by atoms with Gasteiger partial charge in [-0.1, -0.05) is 56.2 Å². The van der Waals surface area contributed by atoms with Gasteiger partial charge in [-0.15, -0.1) is 0 Å². The standard InChI is InChI=1S/C15H18O5.C15H20O4.C15H18O4.C15H20O3/c1-8-10-6-5-9(13(16)17)4-3-7-15(2)12(20-15)11(10)19-14(8)18;2*1-9-11-6-5-10(8-16)4-3-7-15(2)13(19-15)12(11)18-14(9)17;1-9-5-4-8-15(3)13(18-15)12-11(7-6-9)10(2)14(16)17-12/h4,10-12H,1,3,5-7H2,2H3,(H,16,17);4,11-13,16H,1,3,5-8H2,2H3;4,8,11-13H,1,3,5-7H2,2H3;5,11-13H,2,4,6-8H2,1,3H3/b9-4+;2*10-4+;9-5+/t10-,11-,12-,15+;2*11-,12-,13-,15+;11?,12-,13-,15+/m0000/s1. The van der Waals surface area contributed by atoms with Crippen LogP contribution in [0.3, 0.4) is 0 Å². The summed E-state index contributed by atoms with van der Waals surface area (Å²) >= 11 is 0. The van der Waals surface area contributed by atoms with Crippen LogP contribution in [0.2, 0.25) is 0 Å². The second kappa shape index (κ2) is 21.5. The number of aliphatic hydroxyl groups is 1. The lowest BCUT2D eigenvalue weighted by Crippen LogP contribution is -2.29. The molecule has 16 nitrogen and oxygen atoms in total. The number of carbonyl (C=O) groups is 6. The average Bonchev–Trinajstić information content (AvgIpc) is 4.36. The predicted octanol–water partition coefficient (Wildman–Crippen LogP) is 8.26. The topological polar surface area (TPSA) is 230 Å². The average molecular weight is 1050 g/mol. The highest BCUT2D eigenvalue weighted by molar-refractivity contribution is 5.93. The summed E-state index contributed by atoms with van der Waals surface area (Å²) in [7, 11) is 0. The van der Waals surface area contributed by atoms with Crippen LogP contribution in [-0.2, 0) is 66.7 Å². The molecule has 0 amide bonds. The monoisotopic (exact) mass is 1050 g/mol. The molecule has 0 radical (unpaired) electrons. The quantitative estimate of drug-likeness (QED) is 0.0677. The fourth-order valence-corrected chi connectivity index (χ4v) is 12.9. The van der Waals surface area contributed by atoms with Gasteiger partial charge < -0.3 is 48.1 Å². The first-order valence-corrected chi connectivity index (χ1v) is 27.3. The minimum Gasteiger partial charge on any atom is -0.478 e. The summed E-state index contributed by atoms with van der Waals surface area (Å²) in [4.78, 5) is 69.0. The van der Waals surface area contributed by atoms with Crippen molar-refractivity contribution >= 4 is 36.1 Å². The number of aliphatic hydroxyl groups excluding tert-OH is 1. The van der Waals surface area contributed by atoms with Crippen molar-refractivity contribution in [1.82, 2.24) is 0 Å². The zero-order valence-electron chi connectivity index (χ0n) is 44.8. The molecule has 1 unspecified atom stereocenters. The van der Waals surface area contributed by atoms with Crippen molar-refractivity contribution < 1.29 is 76.9 Å². The third-order valence-corrected chi connectivity index (χ3v) is 18.4. The molecule has 412 valence electrons. The first-order valence-electron chi connectivity index (χ1n) is 27.3. The summed E-state index contributed by atoms with van der Waals surface area (Å²) in [6.45, 7) is 25.8. The van der Waals surface area contributed by atoms with E-state index in [2.05, 4.69) is 59.2 Å². The van der Waals surface area contributed by atoms with Gasteiger partial charge in [-0.2, -0.15) is 0 Å². The Hall–Kier alpha value is -5.26. The molecule has 16 heteroatoms. The van der Waals surface area contributed by atoms with Crippen LogP contribution in [-0.4, -0.2) is 124 Å². The normalized spacial score (nSPS) is 44.6. The van der Waals surface area contributed by atoms with Crippen LogP contribution in [0.15, 0.2) is 95.2 Å². The van der Waals surface area contributed by atoms with Crippen LogP contribution in [0.5, 0.6) is 0 Å². The molecule has 0 aromatic carbocycles. The molecule has 12 rings (SSSR count). The number of aliphatic carboxylic acids is 1. The summed E-state index contributed by atoms with van der Waals surface area (Å²) in [6.07, 6.45) is 21.0. The molecule has 4 aliphatic carbocycles. The van der Waals surface area contributed by atoms with E-state index in [1.807, 2.05) is 19.9 Å². The lowest BCUT2D eigenvalue weighted by molar-refractivity contribution is -0.140. The van der Waals surface area contributed by atoms with Gasteiger partial charge >= 0.3 is 29.8 Å². The molecule has 12 aliphatic rings. The van der Waals surface area contributed by atoms with E-state index in [0.29, 0.717) is 53.5 Å². The minimum atomic E-state index is -0.892. The maximum Gasteiger partial charge on any atom is 0.334 e. The van der Waals surface area contributed by atoms with Gasteiger partial charge in [0.2, 0.25) is 0 Å². The number of esters is 4. The smallest absolute Gasteiger partial charge is 0.334 e. The third kappa shape index (κ3) is 11.3. The number of rotatable bonds is 3. The molecule has 8 saturated heterocycles. The summed E-state index contributed by atoms with van der Waals surface area (Å²) in [5.41, 5.74) is 4.94. The van der Waals surface area contributed by atoms with E-state index in [1.165, 1.54) is 5.57 Å². The number of carbonyl (C=O) groups excluding carboxylic acids is 5. The Balaban J connectivity index is 0.000000124. The zero-order valence-corrected chi connectivity index (χ0v) is 44.8. The molecule has 8 aliphatic heterocycles. The maximum atomic E-state index is 11.7. The van der Waals surface area contributed by atoms with Gasteiger partial charge in [0.15, 0.2) is 0 Å². The summed E-state index contributed by atoms with van der Waals surface area (Å²) in [5.74, 6) is -2.13. The maximum absolute atomic E-state index is 11.7. The van der Waals surface area contributed by atoms with E-state index >= 15 is 0 Å². The van der Waals surface area contributed by atoms with Crippen LogP contribution >= 0.6 is 0 Å². The lowest BCUT2D eigenvalue weighted by Gasteiger charge is -2.19. The van der Waals surface area contributed by atoms with E-state index in [9.17, 15) is 39.0 Å². The van der Waals surface area contributed by atoms with Crippen molar-refractivity contribution in [2.24, 2.45) is 23.7 Å². The fourth-order valence-electron chi connectivity index (χ4n) is 12.9. The molecule has 16 atom stereocenters. The molecule has 0 saturated carbocycles. The second-order valence-electron chi connectivity index (χ2n) is 23.7. The van der Waals surface area contributed by atoms with Crippen molar-refractivity contribution in [1.29, 1.82) is 0 Å². The minimum absolute atomic E-state index is 0.00442. The van der Waals surface area contributed by atoms with E-state index in [0.717, 1.165) is 94.5 Å². The number of epoxide rings is 4. The van der Waals surface area contributed by atoms with Crippen molar-refractivity contribution in [2.45, 2.75) is 209 Å². The highest BCUT2D eigenvalue weighted by Crippen LogP contribution is 2.53. The van der Waals surface area contributed by atoms with Gasteiger partial charge in [-0.3, -0.25) is 4.79 Å². The highest BCUT2D eigenvalue weighted by Gasteiger charge is 2.65. The Morgan fingerprint density at radius 1 is 0.539 bits per heavy atom. The Morgan fingerprint density at radius 2 is 0.882 bits per heavy atom. The van der Waals surface area contributed by atoms with Crippen LogP contribution in [0.1, 0.15) is 137 Å². The molecule has 8 fully saturated rings. The van der Waals surface area contributed by atoms with Gasteiger partial charge in [-0.25, -0.2) is 24.0 Å². The van der Waals surface area contributed by atoms with E-state index in [1.54, 1.807) is 6.08 Å². The first-order chi connectivity index (χ1) is 36.0. The van der Waals surface area contributed by atoms with Gasteiger partial charge in [0.25, 0.3) is 0 Å². The van der Waals surface area contributed by atoms with Gasteiger partial charge in [0, 0.05) is 51.5 Å². The lowest BCUT2D eigenvalue weighted by atomic mass is 9.84. The Morgan fingerprint density at radius 3 is 1.26 bits per heavy atom. The van der Waals surface area contributed by atoms with Gasteiger partial charge in [0.1, 0.15) is 55.1 Å².